The number of aromatic nitrogens is 2. The lowest BCUT2D eigenvalue weighted by atomic mass is 10.3. The lowest BCUT2D eigenvalue weighted by Gasteiger charge is -2.10. The number of imidazole rings is 1. The molecule has 1 aromatic heterocycles. The standard InChI is InChI=1S/C13H19N3O2/c1-3-18-7-6-16-12-5-4-10(14)8-11(12)15-13(16)9(2)17/h4-5,8-9,17H,3,6-7,14H2,1-2H3. The minimum absolute atomic E-state index is 0.603. The van der Waals surface area contributed by atoms with Gasteiger partial charge in [-0.05, 0) is 32.0 Å². The summed E-state index contributed by atoms with van der Waals surface area (Å²) in [6.45, 7) is 5.63. The maximum Gasteiger partial charge on any atom is 0.138 e. The fraction of sp³-hybridized carbons (Fsp3) is 0.462. The second-order valence-electron chi connectivity index (χ2n) is 4.24. The quantitative estimate of drug-likeness (QED) is 0.625. The minimum Gasteiger partial charge on any atom is -0.399 e. The zero-order chi connectivity index (χ0) is 13.1. The normalized spacial score (nSPS) is 13.1. The molecule has 0 bridgehead atoms. The Hall–Kier alpha value is -1.59. The van der Waals surface area contributed by atoms with Crippen molar-refractivity contribution < 1.29 is 9.84 Å². The summed E-state index contributed by atoms with van der Waals surface area (Å²) in [6.07, 6.45) is -0.611. The molecule has 98 valence electrons. The van der Waals surface area contributed by atoms with Crippen LogP contribution in [0.1, 0.15) is 25.8 Å². The Kier molecular flexibility index (Phi) is 3.84. The molecule has 1 heterocycles. The molecule has 0 fully saturated rings. The van der Waals surface area contributed by atoms with E-state index < -0.39 is 6.10 Å². The number of hydrogen-bond donors (Lipinski definition) is 2. The van der Waals surface area contributed by atoms with E-state index in [0.29, 0.717) is 31.3 Å². The number of nitrogens with two attached hydrogens (primary N) is 1. The van der Waals surface area contributed by atoms with Gasteiger partial charge in [-0.3, -0.25) is 0 Å². The van der Waals surface area contributed by atoms with Gasteiger partial charge in [-0.15, -0.1) is 0 Å². The molecule has 2 rings (SSSR count). The van der Waals surface area contributed by atoms with Crippen molar-refractivity contribution in [3.63, 3.8) is 0 Å². The van der Waals surface area contributed by atoms with E-state index in [4.69, 9.17) is 10.5 Å². The fourth-order valence-corrected chi connectivity index (χ4v) is 2.02. The number of nitrogens with zero attached hydrogens (tertiary/aromatic N) is 2. The van der Waals surface area contributed by atoms with E-state index >= 15 is 0 Å². The molecule has 0 aliphatic rings. The second-order valence-corrected chi connectivity index (χ2v) is 4.24. The number of anilines is 1. The van der Waals surface area contributed by atoms with Gasteiger partial charge in [0.15, 0.2) is 0 Å². The van der Waals surface area contributed by atoms with Crippen LogP contribution < -0.4 is 5.73 Å². The summed E-state index contributed by atoms with van der Waals surface area (Å²) < 4.78 is 7.34. The largest absolute Gasteiger partial charge is 0.399 e. The second kappa shape index (κ2) is 5.37. The molecule has 0 amide bonds. The zero-order valence-electron chi connectivity index (χ0n) is 10.8. The monoisotopic (exact) mass is 249 g/mol. The molecule has 0 saturated heterocycles. The van der Waals surface area contributed by atoms with Crippen LogP contribution in [0, 0.1) is 0 Å². The van der Waals surface area contributed by atoms with Gasteiger partial charge in [0.1, 0.15) is 11.9 Å². The van der Waals surface area contributed by atoms with Crippen LogP contribution in [0.2, 0.25) is 0 Å². The molecule has 0 saturated carbocycles. The third-order valence-electron chi connectivity index (χ3n) is 2.84. The van der Waals surface area contributed by atoms with Crippen LogP contribution in [-0.2, 0) is 11.3 Å². The highest BCUT2D eigenvalue weighted by molar-refractivity contribution is 5.79. The van der Waals surface area contributed by atoms with Crippen molar-refractivity contribution >= 4 is 16.7 Å². The van der Waals surface area contributed by atoms with Crippen LogP contribution in [0.15, 0.2) is 18.2 Å². The van der Waals surface area contributed by atoms with Gasteiger partial charge in [-0.1, -0.05) is 0 Å². The first-order valence-electron chi connectivity index (χ1n) is 6.15. The summed E-state index contributed by atoms with van der Waals surface area (Å²) in [6, 6.07) is 5.58. The van der Waals surface area contributed by atoms with Gasteiger partial charge in [0.05, 0.1) is 17.6 Å². The van der Waals surface area contributed by atoms with Gasteiger partial charge >= 0.3 is 0 Å². The van der Waals surface area contributed by atoms with E-state index in [1.54, 1.807) is 6.92 Å². The highest BCUT2D eigenvalue weighted by atomic mass is 16.5. The molecule has 0 aliphatic carbocycles. The summed E-state index contributed by atoms with van der Waals surface area (Å²) in [4.78, 5) is 4.43. The van der Waals surface area contributed by atoms with Crippen LogP contribution in [0.25, 0.3) is 11.0 Å². The van der Waals surface area contributed by atoms with Gasteiger partial charge < -0.3 is 20.1 Å². The van der Waals surface area contributed by atoms with Crippen LogP contribution in [0.4, 0.5) is 5.69 Å². The Balaban J connectivity index is 2.42. The van der Waals surface area contributed by atoms with E-state index in [2.05, 4.69) is 4.98 Å². The first kappa shape index (κ1) is 12.9. The molecule has 0 radical (unpaired) electrons. The Bertz CT molecular complexity index is 534. The molecule has 1 unspecified atom stereocenters. The number of rotatable bonds is 5. The minimum atomic E-state index is -0.611. The van der Waals surface area contributed by atoms with Crippen LogP contribution in [0.5, 0.6) is 0 Å². The highest BCUT2D eigenvalue weighted by Gasteiger charge is 2.14. The van der Waals surface area contributed by atoms with Crippen molar-refractivity contribution in [3.05, 3.63) is 24.0 Å². The summed E-state index contributed by atoms with van der Waals surface area (Å²) in [5.41, 5.74) is 8.20. The number of aliphatic hydroxyl groups is 1. The first-order valence-corrected chi connectivity index (χ1v) is 6.15. The topological polar surface area (TPSA) is 73.3 Å². The third-order valence-corrected chi connectivity index (χ3v) is 2.84. The number of fused-ring (bicyclic) bond motifs is 1. The summed E-state index contributed by atoms with van der Waals surface area (Å²) in [7, 11) is 0. The smallest absolute Gasteiger partial charge is 0.138 e. The molecule has 2 aromatic rings. The Morgan fingerprint density at radius 3 is 2.94 bits per heavy atom. The molecule has 3 N–H and O–H groups in total. The van der Waals surface area contributed by atoms with E-state index in [1.807, 2.05) is 29.7 Å². The predicted molar refractivity (Wildman–Crippen MR) is 71.3 cm³/mol. The van der Waals surface area contributed by atoms with E-state index in [-0.39, 0.29) is 0 Å². The highest BCUT2D eigenvalue weighted by Crippen LogP contribution is 2.22. The number of nitrogen functional groups attached to an aromatic ring is 1. The Morgan fingerprint density at radius 2 is 2.28 bits per heavy atom. The molecular formula is C13H19N3O2. The van der Waals surface area contributed by atoms with Gasteiger partial charge in [-0.25, -0.2) is 4.98 Å². The number of hydrogen-bond acceptors (Lipinski definition) is 4. The molecule has 5 nitrogen and oxygen atoms in total. The maximum atomic E-state index is 9.78. The van der Waals surface area contributed by atoms with E-state index in [1.165, 1.54) is 0 Å². The van der Waals surface area contributed by atoms with Crippen molar-refractivity contribution in [2.24, 2.45) is 0 Å². The average Bonchev–Trinajstić information content (AvgIpc) is 2.68. The van der Waals surface area contributed by atoms with Gasteiger partial charge in [-0.2, -0.15) is 0 Å². The van der Waals surface area contributed by atoms with Crippen molar-refractivity contribution in [3.8, 4) is 0 Å². The number of ether oxygens (including phenoxy) is 1. The maximum absolute atomic E-state index is 9.78. The van der Waals surface area contributed by atoms with Crippen molar-refractivity contribution in [2.45, 2.75) is 26.5 Å². The van der Waals surface area contributed by atoms with Gasteiger partial charge in [0.25, 0.3) is 0 Å². The SMILES string of the molecule is CCOCCn1c(C(C)O)nc2cc(N)ccc21. The lowest BCUT2D eigenvalue weighted by Crippen LogP contribution is -2.11. The molecule has 0 aliphatic heterocycles. The summed E-state index contributed by atoms with van der Waals surface area (Å²) >= 11 is 0. The van der Waals surface area contributed by atoms with Gasteiger partial charge in [0.2, 0.25) is 0 Å². The van der Waals surface area contributed by atoms with Gasteiger partial charge in [0, 0.05) is 18.8 Å². The van der Waals surface area contributed by atoms with Crippen molar-refractivity contribution in [1.82, 2.24) is 9.55 Å². The average molecular weight is 249 g/mol. The molecular weight excluding hydrogens is 230 g/mol. The van der Waals surface area contributed by atoms with Crippen molar-refractivity contribution in [1.29, 1.82) is 0 Å². The number of benzene rings is 1. The molecule has 1 atom stereocenters. The zero-order valence-corrected chi connectivity index (χ0v) is 10.8. The third kappa shape index (κ3) is 2.47. The fourth-order valence-electron chi connectivity index (χ4n) is 2.02. The van der Waals surface area contributed by atoms with E-state index in [9.17, 15) is 5.11 Å². The first-order chi connectivity index (χ1) is 8.63. The Morgan fingerprint density at radius 1 is 1.50 bits per heavy atom. The summed E-state index contributed by atoms with van der Waals surface area (Å²) in [5, 5.41) is 9.78. The summed E-state index contributed by atoms with van der Waals surface area (Å²) in [5.74, 6) is 0.648. The lowest BCUT2D eigenvalue weighted by molar-refractivity contribution is 0.134. The van der Waals surface area contributed by atoms with Crippen molar-refractivity contribution in [2.75, 3.05) is 18.9 Å². The molecule has 5 heteroatoms. The number of aliphatic hydroxyl groups excluding tert-OH is 1. The van der Waals surface area contributed by atoms with Crippen LogP contribution in [0.3, 0.4) is 0 Å². The predicted octanol–water partition coefficient (Wildman–Crippen LogP) is 1.71. The molecule has 0 spiro atoms. The Labute approximate surface area is 106 Å². The molecule has 18 heavy (non-hydrogen) atoms. The molecule has 1 aromatic carbocycles. The van der Waals surface area contributed by atoms with Crippen LogP contribution >= 0.6 is 0 Å². The van der Waals surface area contributed by atoms with Crippen LogP contribution in [-0.4, -0.2) is 27.9 Å². The van der Waals surface area contributed by atoms with E-state index in [0.717, 1.165) is 11.0 Å².